The molecule has 41 heavy (non-hydrogen) atoms. The van der Waals surface area contributed by atoms with Crippen molar-refractivity contribution < 1.29 is 27.4 Å². The van der Waals surface area contributed by atoms with Gasteiger partial charge in [-0.2, -0.15) is 18.3 Å². The molecule has 0 radical (unpaired) electrons. The molecule has 0 atom stereocenters. The average molecular weight is 563 g/mol. The summed E-state index contributed by atoms with van der Waals surface area (Å²) in [4.78, 5) is 24.1. The highest BCUT2D eigenvalue weighted by molar-refractivity contribution is 6.14. The van der Waals surface area contributed by atoms with E-state index in [0.717, 1.165) is 16.7 Å². The van der Waals surface area contributed by atoms with Crippen molar-refractivity contribution in [2.24, 2.45) is 7.05 Å². The summed E-state index contributed by atoms with van der Waals surface area (Å²) in [5, 5.41) is 4.37. The highest BCUT2D eigenvalue weighted by atomic mass is 19.4. The molecule has 0 saturated carbocycles. The Balaban J connectivity index is 1.52. The van der Waals surface area contributed by atoms with Crippen LogP contribution in [0, 0.1) is 0 Å². The number of methoxy groups -OCH3 is 1. The van der Waals surface area contributed by atoms with E-state index in [4.69, 9.17) is 9.47 Å². The quantitative estimate of drug-likeness (QED) is 0.273. The first kappa shape index (κ1) is 26.4. The molecule has 4 heterocycles. The fourth-order valence-electron chi connectivity index (χ4n) is 5.15. The highest BCUT2D eigenvalue weighted by Gasteiger charge is 2.39. The summed E-state index contributed by atoms with van der Waals surface area (Å²) in [6.45, 7) is 2.09. The molecule has 1 amide bonds. The molecule has 1 aliphatic rings. The van der Waals surface area contributed by atoms with Gasteiger partial charge in [0.2, 0.25) is 0 Å². The third kappa shape index (κ3) is 4.64. The molecule has 0 N–H and O–H groups in total. The van der Waals surface area contributed by atoms with Gasteiger partial charge in [0.25, 0.3) is 5.91 Å². The molecule has 12 heteroatoms. The number of halogens is 3. The van der Waals surface area contributed by atoms with Gasteiger partial charge in [-0.05, 0) is 47.9 Å². The minimum Gasteiger partial charge on any atom is -0.494 e. The van der Waals surface area contributed by atoms with E-state index in [1.54, 1.807) is 54.8 Å². The number of alkyl halides is 3. The number of ether oxygens (including phenoxy) is 2. The van der Waals surface area contributed by atoms with Crippen LogP contribution in [-0.4, -0.2) is 44.1 Å². The second-order valence-electron chi connectivity index (χ2n) is 9.70. The number of carbonyl (C=O) groups excluding carboxylic acids is 1. The molecule has 6 rings (SSSR count). The zero-order valence-corrected chi connectivity index (χ0v) is 22.4. The van der Waals surface area contributed by atoms with Crippen LogP contribution in [0.15, 0.2) is 61.4 Å². The average Bonchev–Trinajstić information content (AvgIpc) is 3.62. The van der Waals surface area contributed by atoms with Crippen LogP contribution in [0.25, 0.3) is 22.0 Å². The molecule has 210 valence electrons. The van der Waals surface area contributed by atoms with E-state index < -0.39 is 17.8 Å². The lowest BCUT2D eigenvalue weighted by molar-refractivity contribution is -0.140. The number of amides is 1. The monoisotopic (exact) mass is 562 g/mol. The summed E-state index contributed by atoms with van der Waals surface area (Å²) in [7, 11) is 2.98. The molecular weight excluding hydrogens is 537 g/mol. The first-order valence-corrected chi connectivity index (χ1v) is 12.8. The lowest BCUT2D eigenvalue weighted by atomic mass is 9.96. The van der Waals surface area contributed by atoms with Crippen LogP contribution in [0.2, 0.25) is 0 Å². The van der Waals surface area contributed by atoms with Gasteiger partial charge in [0.15, 0.2) is 12.4 Å². The molecule has 0 bridgehead atoms. The first-order valence-electron chi connectivity index (χ1n) is 12.8. The van der Waals surface area contributed by atoms with E-state index in [2.05, 4.69) is 15.1 Å². The smallest absolute Gasteiger partial charge is 0.435 e. The molecule has 9 nitrogen and oxygen atoms in total. The van der Waals surface area contributed by atoms with Gasteiger partial charge in [-0.1, -0.05) is 6.92 Å². The summed E-state index contributed by atoms with van der Waals surface area (Å²) >= 11 is 0. The molecule has 0 aliphatic carbocycles. The lowest BCUT2D eigenvalue weighted by Crippen LogP contribution is -2.39. The Morgan fingerprint density at radius 2 is 1.88 bits per heavy atom. The SMILES string of the molecule is CCc1cc(OC)c2nccc(N3COc4c(cc(Cn5ccnc5)cc4-c4cn(C)nc4C(F)(F)F)C3=O)c2c1. The number of anilines is 1. The molecule has 3 aromatic heterocycles. The zero-order chi connectivity index (χ0) is 28.9. The van der Waals surface area contributed by atoms with Crippen molar-refractivity contribution in [1.82, 2.24) is 24.3 Å². The van der Waals surface area contributed by atoms with E-state index in [1.165, 1.54) is 18.1 Å². The molecule has 0 unspecified atom stereocenters. The number of benzene rings is 2. The Bertz CT molecular complexity index is 1780. The molecular formula is C29H25F3N6O3. The van der Waals surface area contributed by atoms with Gasteiger partial charge in [0, 0.05) is 54.9 Å². The number of hydrogen-bond acceptors (Lipinski definition) is 6. The van der Waals surface area contributed by atoms with Crippen LogP contribution in [0.1, 0.15) is 34.1 Å². The van der Waals surface area contributed by atoms with Gasteiger partial charge in [-0.3, -0.25) is 19.4 Å². The summed E-state index contributed by atoms with van der Waals surface area (Å²) in [5.41, 5.74) is 1.79. The Labute approximate surface area is 232 Å². The van der Waals surface area contributed by atoms with Gasteiger partial charge in [0.05, 0.1) is 24.7 Å². The van der Waals surface area contributed by atoms with Gasteiger partial charge in [-0.25, -0.2) is 4.98 Å². The Morgan fingerprint density at radius 3 is 2.59 bits per heavy atom. The standard InChI is InChI=1S/C29H25F3N6O3/c1-4-17-9-20-23(5-6-34-25(20)24(12-17)40-3)38-16-41-26-19(22-14-36(2)35-27(22)29(30,31)32)10-18(11-21(26)28(38)39)13-37-8-7-33-15-37/h5-12,14-15H,4,13,16H2,1-3H3. The van der Waals surface area contributed by atoms with Crippen molar-refractivity contribution in [3.63, 3.8) is 0 Å². The number of hydrogen-bond donors (Lipinski definition) is 0. The number of fused-ring (bicyclic) bond motifs is 2. The molecule has 1 aliphatic heterocycles. The summed E-state index contributed by atoms with van der Waals surface area (Å²) < 4.78 is 56.5. The Kier molecular flexibility index (Phi) is 6.40. The van der Waals surface area contributed by atoms with E-state index in [1.807, 2.05) is 19.1 Å². The number of nitrogens with zero attached hydrogens (tertiary/aromatic N) is 6. The topological polar surface area (TPSA) is 87.3 Å². The van der Waals surface area contributed by atoms with Crippen LogP contribution in [0.5, 0.6) is 11.5 Å². The van der Waals surface area contributed by atoms with Gasteiger partial charge >= 0.3 is 6.18 Å². The van der Waals surface area contributed by atoms with E-state index in [9.17, 15) is 18.0 Å². The predicted octanol–water partition coefficient (Wildman–Crippen LogP) is 5.47. The first-order chi connectivity index (χ1) is 19.7. The third-order valence-electron chi connectivity index (χ3n) is 7.04. The van der Waals surface area contributed by atoms with Gasteiger partial charge in [-0.15, -0.1) is 0 Å². The predicted molar refractivity (Wildman–Crippen MR) is 145 cm³/mol. The second-order valence-corrected chi connectivity index (χ2v) is 9.70. The maximum atomic E-state index is 14.1. The second kappa shape index (κ2) is 9.95. The van der Waals surface area contributed by atoms with E-state index in [0.29, 0.717) is 27.9 Å². The van der Waals surface area contributed by atoms with Crippen LogP contribution in [0.4, 0.5) is 18.9 Å². The van der Waals surface area contributed by atoms with Crippen molar-refractivity contribution in [2.45, 2.75) is 26.1 Å². The molecule has 5 aromatic rings. The van der Waals surface area contributed by atoms with Crippen molar-refractivity contribution in [1.29, 1.82) is 0 Å². The van der Waals surface area contributed by atoms with Crippen molar-refractivity contribution in [2.75, 3.05) is 18.7 Å². The fourth-order valence-corrected chi connectivity index (χ4v) is 5.15. The normalized spacial score (nSPS) is 13.4. The number of rotatable bonds is 6. The van der Waals surface area contributed by atoms with Crippen LogP contribution in [0.3, 0.4) is 0 Å². The van der Waals surface area contributed by atoms with Crippen LogP contribution in [-0.2, 0) is 26.2 Å². The van der Waals surface area contributed by atoms with Crippen LogP contribution < -0.4 is 14.4 Å². The summed E-state index contributed by atoms with van der Waals surface area (Å²) in [6, 6.07) is 8.83. The lowest BCUT2D eigenvalue weighted by Gasteiger charge is -2.31. The van der Waals surface area contributed by atoms with Gasteiger partial charge < -0.3 is 14.0 Å². The number of carbonyl (C=O) groups is 1. The maximum absolute atomic E-state index is 14.1. The van der Waals surface area contributed by atoms with Crippen molar-refractivity contribution in [3.8, 4) is 22.6 Å². The highest BCUT2D eigenvalue weighted by Crippen LogP contribution is 2.44. The zero-order valence-electron chi connectivity index (χ0n) is 22.4. The number of pyridine rings is 1. The minimum atomic E-state index is -4.71. The van der Waals surface area contributed by atoms with Crippen molar-refractivity contribution in [3.05, 3.63) is 83.8 Å². The Morgan fingerprint density at radius 1 is 1.07 bits per heavy atom. The number of aryl methyl sites for hydroxylation is 2. The minimum absolute atomic E-state index is 0.0734. The number of imidazole rings is 1. The largest absolute Gasteiger partial charge is 0.494 e. The molecule has 2 aromatic carbocycles. The summed E-state index contributed by atoms with van der Waals surface area (Å²) in [5.74, 6) is 0.239. The van der Waals surface area contributed by atoms with E-state index >= 15 is 0 Å². The molecule has 0 spiro atoms. The maximum Gasteiger partial charge on any atom is 0.435 e. The number of aromatic nitrogens is 5. The van der Waals surface area contributed by atoms with E-state index in [-0.39, 0.29) is 35.7 Å². The molecule has 0 saturated heterocycles. The Hall–Kier alpha value is -4.87. The third-order valence-corrected chi connectivity index (χ3v) is 7.04. The molecule has 0 fully saturated rings. The van der Waals surface area contributed by atoms with Gasteiger partial charge in [0.1, 0.15) is 17.0 Å². The summed E-state index contributed by atoms with van der Waals surface area (Å²) in [6.07, 6.45) is 3.83. The van der Waals surface area contributed by atoms with Crippen LogP contribution >= 0.6 is 0 Å². The van der Waals surface area contributed by atoms with Crippen molar-refractivity contribution >= 4 is 22.5 Å². The fraction of sp³-hybridized carbons (Fsp3) is 0.241.